The molecule has 0 aliphatic rings. The molecule has 0 saturated carbocycles. The fraction of sp³-hybridized carbons (Fsp3) is 0.385. The molecule has 104 valence electrons. The van der Waals surface area contributed by atoms with E-state index in [9.17, 15) is 14.5 Å². The normalized spacial score (nSPS) is 12.3. The van der Waals surface area contributed by atoms with Crippen molar-refractivity contribution in [2.24, 2.45) is 0 Å². The first-order valence-corrected chi connectivity index (χ1v) is 5.72. The number of nitrogens with zero attached hydrogens (tertiary/aromatic N) is 1. The van der Waals surface area contributed by atoms with E-state index < -0.39 is 22.7 Å². The SMILES string of the molecule is C=C(C)OC(OC(C)C)c1ccc([N+](=O)[O-])c(F)c1. The zero-order valence-electron chi connectivity index (χ0n) is 11.1. The first kappa shape index (κ1) is 15.1. The molecule has 0 radical (unpaired) electrons. The summed E-state index contributed by atoms with van der Waals surface area (Å²) in [5.41, 5.74) is -0.220. The summed E-state index contributed by atoms with van der Waals surface area (Å²) in [7, 11) is 0. The van der Waals surface area contributed by atoms with Gasteiger partial charge in [-0.25, -0.2) is 0 Å². The Morgan fingerprint density at radius 2 is 2.11 bits per heavy atom. The molecule has 0 bridgehead atoms. The zero-order chi connectivity index (χ0) is 14.6. The number of hydrogen-bond acceptors (Lipinski definition) is 4. The zero-order valence-corrected chi connectivity index (χ0v) is 11.1. The fourth-order valence-electron chi connectivity index (χ4n) is 1.42. The molecule has 0 aliphatic carbocycles. The van der Waals surface area contributed by atoms with Crippen LogP contribution in [0.3, 0.4) is 0 Å². The molecular weight excluding hydrogens is 253 g/mol. The summed E-state index contributed by atoms with van der Waals surface area (Å²) in [6, 6.07) is 3.52. The quantitative estimate of drug-likeness (QED) is 0.342. The topological polar surface area (TPSA) is 61.6 Å². The van der Waals surface area contributed by atoms with Crippen molar-refractivity contribution in [3.05, 3.63) is 52.0 Å². The van der Waals surface area contributed by atoms with E-state index in [-0.39, 0.29) is 6.10 Å². The Morgan fingerprint density at radius 3 is 2.53 bits per heavy atom. The van der Waals surface area contributed by atoms with Crippen LogP contribution in [0, 0.1) is 15.9 Å². The van der Waals surface area contributed by atoms with Gasteiger partial charge in [-0.15, -0.1) is 0 Å². The van der Waals surface area contributed by atoms with Crippen LogP contribution in [0.25, 0.3) is 0 Å². The number of nitro groups is 1. The number of allylic oxidation sites excluding steroid dienone is 1. The monoisotopic (exact) mass is 269 g/mol. The van der Waals surface area contributed by atoms with Crippen molar-refractivity contribution in [1.82, 2.24) is 0 Å². The Labute approximate surface area is 110 Å². The molecule has 1 rings (SSSR count). The number of ether oxygens (including phenoxy) is 2. The van der Waals surface area contributed by atoms with Crippen LogP contribution < -0.4 is 0 Å². The number of hydrogen-bond donors (Lipinski definition) is 0. The van der Waals surface area contributed by atoms with Gasteiger partial charge in [-0.2, -0.15) is 4.39 Å². The molecular formula is C13H16FNO4. The van der Waals surface area contributed by atoms with Crippen LogP contribution in [0.4, 0.5) is 10.1 Å². The lowest BCUT2D eigenvalue weighted by Gasteiger charge is -2.22. The summed E-state index contributed by atoms with van der Waals surface area (Å²) in [5, 5.41) is 10.5. The van der Waals surface area contributed by atoms with Crippen LogP contribution >= 0.6 is 0 Å². The second-order valence-electron chi connectivity index (χ2n) is 4.30. The molecule has 1 aromatic carbocycles. The second-order valence-corrected chi connectivity index (χ2v) is 4.30. The number of rotatable bonds is 6. The minimum absolute atomic E-state index is 0.150. The lowest BCUT2D eigenvalue weighted by atomic mass is 10.2. The smallest absolute Gasteiger partial charge is 0.304 e. The third-order valence-electron chi connectivity index (χ3n) is 2.14. The Hall–Kier alpha value is -1.95. The second kappa shape index (κ2) is 6.29. The van der Waals surface area contributed by atoms with Crippen LogP contribution in [-0.2, 0) is 9.47 Å². The van der Waals surface area contributed by atoms with Gasteiger partial charge in [0.1, 0.15) is 0 Å². The first-order chi connectivity index (χ1) is 8.81. The Morgan fingerprint density at radius 1 is 1.47 bits per heavy atom. The van der Waals surface area contributed by atoms with Crippen LogP contribution in [0.1, 0.15) is 32.6 Å². The maximum Gasteiger partial charge on any atom is 0.304 e. The molecule has 0 fully saturated rings. The van der Waals surface area contributed by atoms with Gasteiger partial charge in [-0.3, -0.25) is 10.1 Å². The van der Waals surface area contributed by atoms with Gasteiger partial charge in [0.05, 0.1) is 16.8 Å². The molecule has 6 heteroatoms. The lowest BCUT2D eigenvalue weighted by molar-refractivity contribution is -0.387. The van der Waals surface area contributed by atoms with Crippen molar-refractivity contribution in [2.75, 3.05) is 0 Å². The van der Waals surface area contributed by atoms with Crippen LogP contribution in [0.5, 0.6) is 0 Å². The highest BCUT2D eigenvalue weighted by Crippen LogP contribution is 2.27. The molecule has 0 aromatic heterocycles. The van der Waals surface area contributed by atoms with Crippen molar-refractivity contribution in [2.45, 2.75) is 33.2 Å². The average molecular weight is 269 g/mol. The van der Waals surface area contributed by atoms with E-state index in [0.717, 1.165) is 12.1 Å². The van der Waals surface area contributed by atoms with E-state index in [1.165, 1.54) is 6.07 Å². The largest absolute Gasteiger partial charge is 0.466 e. The minimum Gasteiger partial charge on any atom is -0.466 e. The Kier molecular flexibility index (Phi) is 5.00. The number of halogens is 1. The average Bonchev–Trinajstić information content (AvgIpc) is 2.26. The molecule has 1 aromatic rings. The standard InChI is InChI=1S/C13H16FNO4/c1-8(2)18-13(19-9(3)4)10-5-6-12(15(16)17)11(14)7-10/h5-7,9,13H,1H2,2-4H3. The van der Waals surface area contributed by atoms with Crippen LogP contribution in [0.15, 0.2) is 30.5 Å². The molecule has 0 aliphatic heterocycles. The first-order valence-electron chi connectivity index (χ1n) is 5.72. The van der Waals surface area contributed by atoms with E-state index in [4.69, 9.17) is 9.47 Å². The summed E-state index contributed by atoms with van der Waals surface area (Å²) in [6.07, 6.45) is -0.990. The summed E-state index contributed by atoms with van der Waals surface area (Å²) >= 11 is 0. The third-order valence-corrected chi connectivity index (χ3v) is 2.14. The van der Waals surface area contributed by atoms with E-state index in [0.29, 0.717) is 11.3 Å². The maximum atomic E-state index is 13.6. The predicted octanol–water partition coefficient (Wildman–Crippen LogP) is 3.71. The minimum atomic E-state index is -0.926. The van der Waals surface area contributed by atoms with Gasteiger partial charge in [0.25, 0.3) is 0 Å². The van der Waals surface area contributed by atoms with E-state index in [1.807, 2.05) is 0 Å². The van der Waals surface area contributed by atoms with Crippen molar-refractivity contribution in [1.29, 1.82) is 0 Å². The van der Waals surface area contributed by atoms with Crippen LogP contribution in [0.2, 0.25) is 0 Å². The van der Waals surface area contributed by atoms with Gasteiger partial charge in [0.2, 0.25) is 12.1 Å². The molecule has 0 amide bonds. The maximum absolute atomic E-state index is 13.6. The summed E-state index contributed by atoms with van der Waals surface area (Å²) in [6.45, 7) is 8.83. The molecule has 5 nitrogen and oxygen atoms in total. The van der Waals surface area contributed by atoms with Gasteiger partial charge in [0.15, 0.2) is 0 Å². The van der Waals surface area contributed by atoms with Gasteiger partial charge in [0, 0.05) is 11.6 Å². The molecule has 0 N–H and O–H groups in total. The van der Waals surface area contributed by atoms with E-state index >= 15 is 0 Å². The fourth-order valence-corrected chi connectivity index (χ4v) is 1.42. The summed E-state index contributed by atoms with van der Waals surface area (Å²) < 4.78 is 24.4. The van der Waals surface area contributed by atoms with E-state index in [1.54, 1.807) is 20.8 Å². The highest BCUT2D eigenvalue weighted by Gasteiger charge is 2.20. The lowest BCUT2D eigenvalue weighted by Crippen LogP contribution is -2.13. The third kappa shape index (κ3) is 4.33. The number of nitro benzene ring substituents is 1. The predicted molar refractivity (Wildman–Crippen MR) is 67.9 cm³/mol. The molecule has 0 saturated heterocycles. The van der Waals surface area contributed by atoms with Gasteiger partial charge in [-0.05, 0) is 32.9 Å². The molecule has 0 spiro atoms. The van der Waals surface area contributed by atoms with Gasteiger partial charge < -0.3 is 9.47 Å². The summed E-state index contributed by atoms with van der Waals surface area (Å²) in [4.78, 5) is 9.77. The van der Waals surface area contributed by atoms with Crippen molar-refractivity contribution < 1.29 is 18.8 Å². The van der Waals surface area contributed by atoms with Crippen LogP contribution in [-0.4, -0.2) is 11.0 Å². The molecule has 1 atom stereocenters. The van der Waals surface area contributed by atoms with Crippen molar-refractivity contribution in [3.63, 3.8) is 0 Å². The summed E-state index contributed by atoms with van der Waals surface area (Å²) in [5.74, 6) is -0.519. The van der Waals surface area contributed by atoms with E-state index in [2.05, 4.69) is 6.58 Å². The molecule has 19 heavy (non-hydrogen) atoms. The Balaban J connectivity index is 3.05. The van der Waals surface area contributed by atoms with Crippen molar-refractivity contribution >= 4 is 5.69 Å². The number of benzene rings is 1. The van der Waals surface area contributed by atoms with Crippen molar-refractivity contribution in [3.8, 4) is 0 Å². The van der Waals surface area contributed by atoms with Gasteiger partial charge in [-0.1, -0.05) is 6.58 Å². The Bertz CT molecular complexity index is 488. The highest BCUT2D eigenvalue weighted by atomic mass is 19.1. The highest BCUT2D eigenvalue weighted by molar-refractivity contribution is 5.35. The van der Waals surface area contributed by atoms with Gasteiger partial charge >= 0.3 is 5.69 Å². The molecule has 1 unspecified atom stereocenters. The molecule has 0 heterocycles.